The largest absolute Gasteiger partial charge is 0.449 e. The molecule has 1 atom stereocenters. The monoisotopic (exact) mass is 294 g/mol. The van der Waals surface area contributed by atoms with E-state index < -0.39 is 24.0 Å². The van der Waals surface area contributed by atoms with Gasteiger partial charge in [0.15, 0.2) is 6.10 Å². The summed E-state index contributed by atoms with van der Waals surface area (Å²) >= 11 is 0. The smallest absolute Gasteiger partial charge is 0.338 e. The Morgan fingerprint density at radius 3 is 2.62 bits per heavy atom. The molecule has 7 heteroatoms. The van der Waals surface area contributed by atoms with Crippen LogP contribution in [0.5, 0.6) is 0 Å². The predicted octanol–water partition coefficient (Wildman–Crippen LogP) is 0.834. The van der Waals surface area contributed by atoms with Crippen LogP contribution in [-0.2, 0) is 20.9 Å². The van der Waals surface area contributed by atoms with E-state index in [1.54, 1.807) is 25.3 Å². The highest BCUT2D eigenvalue weighted by atomic mass is 16.5. The van der Waals surface area contributed by atoms with Crippen molar-refractivity contribution in [2.45, 2.75) is 19.6 Å². The first-order chi connectivity index (χ1) is 9.97. The van der Waals surface area contributed by atoms with Gasteiger partial charge in [0, 0.05) is 14.2 Å². The molecule has 0 aliphatic carbocycles. The van der Waals surface area contributed by atoms with Crippen molar-refractivity contribution >= 4 is 17.9 Å². The molecule has 1 aromatic rings. The number of urea groups is 1. The number of carbonyl (C=O) groups is 3. The lowest BCUT2D eigenvalue weighted by atomic mass is 10.1. The van der Waals surface area contributed by atoms with Crippen molar-refractivity contribution in [2.24, 2.45) is 0 Å². The van der Waals surface area contributed by atoms with E-state index in [1.807, 2.05) is 11.4 Å². The van der Waals surface area contributed by atoms with Crippen molar-refractivity contribution in [3.63, 3.8) is 0 Å². The average molecular weight is 294 g/mol. The minimum Gasteiger partial charge on any atom is -0.449 e. The fourth-order valence-corrected chi connectivity index (χ4v) is 1.51. The van der Waals surface area contributed by atoms with Crippen molar-refractivity contribution in [2.75, 3.05) is 14.2 Å². The normalized spacial score (nSPS) is 11.4. The van der Waals surface area contributed by atoms with Crippen molar-refractivity contribution in [1.82, 2.24) is 10.6 Å². The maximum Gasteiger partial charge on any atom is 0.338 e. The Morgan fingerprint density at radius 2 is 2.00 bits per heavy atom. The second kappa shape index (κ2) is 8.01. The molecule has 1 aromatic carbocycles. The van der Waals surface area contributed by atoms with Crippen LogP contribution in [0.2, 0.25) is 0 Å². The van der Waals surface area contributed by atoms with Crippen LogP contribution in [0, 0.1) is 0 Å². The van der Waals surface area contributed by atoms with E-state index in [9.17, 15) is 14.4 Å². The zero-order chi connectivity index (χ0) is 15.8. The van der Waals surface area contributed by atoms with Crippen molar-refractivity contribution in [1.29, 1.82) is 0 Å². The van der Waals surface area contributed by atoms with Gasteiger partial charge in [0.05, 0.1) is 12.2 Å². The van der Waals surface area contributed by atoms with Crippen LogP contribution in [0.15, 0.2) is 24.3 Å². The maximum absolute atomic E-state index is 11.9. The van der Waals surface area contributed by atoms with Gasteiger partial charge in [0.1, 0.15) is 0 Å². The van der Waals surface area contributed by atoms with E-state index in [-0.39, 0.29) is 0 Å². The van der Waals surface area contributed by atoms with Gasteiger partial charge in [-0.05, 0) is 24.6 Å². The molecule has 0 saturated carbocycles. The number of hydrogen-bond donors (Lipinski definition) is 2. The summed E-state index contributed by atoms with van der Waals surface area (Å²) < 4.78 is 9.98. The van der Waals surface area contributed by atoms with Gasteiger partial charge in [0.25, 0.3) is 5.91 Å². The van der Waals surface area contributed by atoms with Crippen molar-refractivity contribution < 1.29 is 23.9 Å². The van der Waals surface area contributed by atoms with Gasteiger partial charge in [-0.3, -0.25) is 10.1 Å². The third-order valence-electron chi connectivity index (χ3n) is 2.59. The molecule has 114 valence electrons. The molecule has 1 rings (SSSR count). The number of ether oxygens (including phenoxy) is 2. The van der Waals surface area contributed by atoms with E-state index in [2.05, 4.69) is 5.32 Å². The molecule has 0 aromatic heterocycles. The molecule has 0 fully saturated rings. The number of hydrogen-bond acceptors (Lipinski definition) is 5. The zero-order valence-corrected chi connectivity index (χ0v) is 12.1. The van der Waals surface area contributed by atoms with E-state index in [0.717, 1.165) is 5.56 Å². The molecule has 0 unspecified atom stereocenters. The molecule has 0 heterocycles. The lowest BCUT2D eigenvalue weighted by Gasteiger charge is -2.13. The van der Waals surface area contributed by atoms with Crippen LogP contribution < -0.4 is 10.6 Å². The SMILES string of the molecule is CNC(=O)NC(=O)[C@H](C)OC(=O)c1cccc(COC)c1. The fraction of sp³-hybridized carbons (Fsp3) is 0.357. The Hall–Kier alpha value is -2.41. The minimum absolute atomic E-state index is 0.309. The van der Waals surface area contributed by atoms with Gasteiger partial charge in [0.2, 0.25) is 0 Å². The summed E-state index contributed by atoms with van der Waals surface area (Å²) in [5.41, 5.74) is 1.12. The van der Waals surface area contributed by atoms with E-state index in [4.69, 9.17) is 9.47 Å². The Balaban J connectivity index is 2.65. The summed E-state index contributed by atoms with van der Waals surface area (Å²) in [5, 5.41) is 4.26. The molecule has 0 aliphatic heterocycles. The summed E-state index contributed by atoms with van der Waals surface area (Å²) in [5.74, 6) is -1.34. The third kappa shape index (κ3) is 5.23. The number of carbonyl (C=O) groups excluding carboxylic acids is 3. The highest BCUT2D eigenvalue weighted by molar-refractivity contribution is 5.98. The molecule has 0 saturated heterocycles. The zero-order valence-electron chi connectivity index (χ0n) is 12.1. The lowest BCUT2D eigenvalue weighted by Crippen LogP contribution is -2.43. The number of benzene rings is 1. The molecular weight excluding hydrogens is 276 g/mol. The highest BCUT2D eigenvalue weighted by Crippen LogP contribution is 2.09. The first-order valence-electron chi connectivity index (χ1n) is 6.29. The number of methoxy groups -OCH3 is 1. The first kappa shape index (κ1) is 16.6. The molecule has 0 aliphatic rings. The summed E-state index contributed by atoms with van der Waals surface area (Å²) in [4.78, 5) is 34.5. The van der Waals surface area contributed by atoms with Gasteiger partial charge in [-0.1, -0.05) is 12.1 Å². The quantitative estimate of drug-likeness (QED) is 0.785. The maximum atomic E-state index is 11.9. The second-order valence-corrected chi connectivity index (χ2v) is 4.25. The number of esters is 1. The van der Waals surface area contributed by atoms with E-state index in [0.29, 0.717) is 12.2 Å². The summed E-state index contributed by atoms with van der Waals surface area (Å²) in [7, 11) is 2.93. The number of rotatable bonds is 5. The van der Waals surface area contributed by atoms with Gasteiger partial charge in [-0.15, -0.1) is 0 Å². The van der Waals surface area contributed by atoms with Crippen LogP contribution >= 0.6 is 0 Å². The lowest BCUT2D eigenvalue weighted by molar-refractivity contribution is -0.127. The van der Waals surface area contributed by atoms with Crippen LogP contribution in [0.3, 0.4) is 0 Å². The molecular formula is C14H18N2O5. The van der Waals surface area contributed by atoms with Gasteiger partial charge in [-0.25, -0.2) is 9.59 Å². The Kier molecular flexibility index (Phi) is 6.35. The third-order valence-corrected chi connectivity index (χ3v) is 2.59. The van der Waals surface area contributed by atoms with Crippen LogP contribution in [-0.4, -0.2) is 38.2 Å². The summed E-state index contributed by atoms with van der Waals surface area (Å²) in [6.45, 7) is 1.75. The Labute approximate surface area is 122 Å². The van der Waals surface area contributed by atoms with Gasteiger partial charge in [-0.2, -0.15) is 0 Å². The van der Waals surface area contributed by atoms with Gasteiger partial charge < -0.3 is 14.8 Å². The minimum atomic E-state index is -1.08. The molecule has 7 nitrogen and oxygen atoms in total. The summed E-state index contributed by atoms with van der Waals surface area (Å²) in [6.07, 6.45) is -1.08. The van der Waals surface area contributed by atoms with Crippen LogP contribution in [0.25, 0.3) is 0 Å². The van der Waals surface area contributed by atoms with Crippen LogP contribution in [0.1, 0.15) is 22.8 Å². The number of amides is 3. The average Bonchev–Trinajstić information content (AvgIpc) is 2.47. The van der Waals surface area contributed by atoms with Crippen molar-refractivity contribution in [3.05, 3.63) is 35.4 Å². The Bertz CT molecular complexity index is 530. The van der Waals surface area contributed by atoms with Crippen molar-refractivity contribution in [3.8, 4) is 0 Å². The predicted molar refractivity (Wildman–Crippen MR) is 74.6 cm³/mol. The molecule has 21 heavy (non-hydrogen) atoms. The summed E-state index contributed by atoms with van der Waals surface area (Å²) in [6, 6.07) is 6.03. The van der Waals surface area contributed by atoms with E-state index >= 15 is 0 Å². The Morgan fingerprint density at radius 1 is 1.29 bits per heavy atom. The fourth-order valence-electron chi connectivity index (χ4n) is 1.51. The molecule has 0 spiro atoms. The molecule has 3 amide bonds. The first-order valence-corrected chi connectivity index (χ1v) is 6.29. The van der Waals surface area contributed by atoms with E-state index in [1.165, 1.54) is 14.0 Å². The van der Waals surface area contributed by atoms with Gasteiger partial charge >= 0.3 is 12.0 Å². The highest BCUT2D eigenvalue weighted by Gasteiger charge is 2.20. The molecule has 2 N–H and O–H groups in total. The topological polar surface area (TPSA) is 93.7 Å². The second-order valence-electron chi connectivity index (χ2n) is 4.25. The molecule has 0 bridgehead atoms. The standard InChI is InChI=1S/C14H18N2O5/c1-9(12(17)16-14(19)15-2)21-13(18)11-6-4-5-10(7-11)8-20-3/h4-7,9H,8H2,1-3H3,(H2,15,16,17,19)/t9-/m0/s1. The number of imide groups is 1. The number of nitrogens with one attached hydrogen (secondary N) is 2. The van der Waals surface area contributed by atoms with Crippen LogP contribution in [0.4, 0.5) is 4.79 Å². The molecule has 0 radical (unpaired) electrons.